The summed E-state index contributed by atoms with van der Waals surface area (Å²) in [5, 5.41) is 2.67. The Bertz CT molecular complexity index is 1310. The van der Waals surface area contributed by atoms with Gasteiger partial charge in [-0.1, -0.05) is 76.2 Å². The summed E-state index contributed by atoms with van der Waals surface area (Å²) in [7, 11) is 0. The number of fused-ring (bicyclic) bond motifs is 4. The molecule has 0 atom stereocenters. The lowest BCUT2D eigenvalue weighted by molar-refractivity contribution is 0.645. The molecule has 1 heteroatoms. The molecule has 0 unspecified atom stereocenters. The van der Waals surface area contributed by atoms with Crippen molar-refractivity contribution in [3.8, 4) is 22.4 Å². The van der Waals surface area contributed by atoms with E-state index in [0.29, 0.717) is 11.8 Å². The molecule has 0 N–H and O–H groups in total. The van der Waals surface area contributed by atoms with Crippen molar-refractivity contribution < 1.29 is 0 Å². The summed E-state index contributed by atoms with van der Waals surface area (Å²) in [4.78, 5) is 5.10. The third kappa shape index (κ3) is 3.75. The third-order valence-electron chi connectivity index (χ3n) is 6.63. The summed E-state index contributed by atoms with van der Waals surface area (Å²) < 4.78 is 0. The number of hydrogen-bond donors (Lipinski definition) is 0. The Hall–Kier alpha value is -2.93. The SMILES string of the molecule is Cc1cc2c(c(-c3ncc(CC(C)C)c4cc(CC(C)C)ccc34)c1)Cc1ccccc1-2. The molecule has 162 valence electrons. The maximum Gasteiger partial charge on any atom is 0.0783 e. The second kappa shape index (κ2) is 8.20. The van der Waals surface area contributed by atoms with Crippen molar-refractivity contribution in [1.29, 1.82) is 0 Å². The number of pyridine rings is 1. The van der Waals surface area contributed by atoms with Crippen LogP contribution in [0.1, 0.15) is 55.5 Å². The van der Waals surface area contributed by atoms with E-state index in [0.717, 1.165) is 25.0 Å². The van der Waals surface area contributed by atoms with Crippen LogP contribution in [0.25, 0.3) is 33.2 Å². The second-order valence-corrected chi connectivity index (χ2v) is 10.4. The van der Waals surface area contributed by atoms with Gasteiger partial charge in [-0.05, 0) is 88.4 Å². The standard InChI is InChI=1S/C31H33N/c1-19(2)12-22-10-11-26-27(16-22)24(13-20(3)4)18-32-31(26)30-15-21(5)14-28-25-9-7-6-8-23(25)17-29(28)30/h6-11,14-16,18-20H,12-13,17H2,1-5H3. The predicted molar refractivity (Wildman–Crippen MR) is 137 cm³/mol. The Morgan fingerprint density at radius 2 is 1.53 bits per heavy atom. The number of benzene rings is 3. The fourth-order valence-corrected chi connectivity index (χ4v) is 5.35. The second-order valence-electron chi connectivity index (χ2n) is 10.4. The average Bonchev–Trinajstić information content (AvgIpc) is 3.11. The van der Waals surface area contributed by atoms with Crippen molar-refractivity contribution in [1.82, 2.24) is 4.98 Å². The molecule has 3 aromatic carbocycles. The molecule has 4 aromatic rings. The van der Waals surface area contributed by atoms with Gasteiger partial charge in [-0.25, -0.2) is 0 Å². The average molecular weight is 420 g/mol. The Labute approximate surface area is 192 Å². The molecule has 1 aromatic heterocycles. The molecule has 0 bridgehead atoms. The Morgan fingerprint density at radius 1 is 0.781 bits per heavy atom. The molecular weight excluding hydrogens is 386 g/mol. The summed E-state index contributed by atoms with van der Waals surface area (Å²) >= 11 is 0. The topological polar surface area (TPSA) is 12.9 Å². The van der Waals surface area contributed by atoms with Crippen molar-refractivity contribution in [2.45, 2.75) is 53.9 Å². The molecular formula is C31H33N. The monoisotopic (exact) mass is 419 g/mol. The minimum atomic E-state index is 0.609. The molecule has 0 spiro atoms. The van der Waals surface area contributed by atoms with E-state index < -0.39 is 0 Å². The molecule has 1 aliphatic rings. The van der Waals surface area contributed by atoms with Crippen LogP contribution in [0.5, 0.6) is 0 Å². The quantitative estimate of drug-likeness (QED) is 0.280. The zero-order valence-corrected chi connectivity index (χ0v) is 20.0. The van der Waals surface area contributed by atoms with Crippen LogP contribution in [0.2, 0.25) is 0 Å². The van der Waals surface area contributed by atoms with E-state index in [1.54, 1.807) is 0 Å². The maximum atomic E-state index is 5.10. The van der Waals surface area contributed by atoms with Gasteiger partial charge in [0.05, 0.1) is 5.69 Å². The number of aryl methyl sites for hydroxylation is 1. The van der Waals surface area contributed by atoms with Gasteiger partial charge in [0.25, 0.3) is 0 Å². The summed E-state index contributed by atoms with van der Waals surface area (Å²) in [6, 6.07) is 20.6. The van der Waals surface area contributed by atoms with Gasteiger partial charge in [-0.15, -0.1) is 0 Å². The van der Waals surface area contributed by atoms with Gasteiger partial charge in [0.1, 0.15) is 0 Å². The Morgan fingerprint density at radius 3 is 2.31 bits per heavy atom. The lowest BCUT2D eigenvalue weighted by Crippen LogP contribution is -2.01. The van der Waals surface area contributed by atoms with Crippen molar-refractivity contribution in [2.24, 2.45) is 11.8 Å². The normalized spacial score (nSPS) is 12.6. The van der Waals surface area contributed by atoms with Gasteiger partial charge in [0.15, 0.2) is 0 Å². The van der Waals surface area contributed by atoms with Gasteiger partial charge in [-0.3, -0.25) is 4.98 Å². The summed E-state index contributed by atoms with van der Waals surface area (Å²) in [5.41, 5.74) is 12.1. The molecule has 0 amide bonds. The number of aromatic nitrogens is 1. The minimum absolute atomic E-state index is 0.609. The highest BCUT2D eigenvalue weighted by molar-refractivity contribution is 5.99. The first-order valence-electron chi connectivity index (χ1n) is 12.0. The Balaban J connectivity index is 1.73. The number of rotatable bonds is 5. The highest BCUT2D eigenvalue weighted by atomic mass is 14.7. The smallest absolute Gasteiger partial charge is 0.0783 e. The predicted octanol–water partition coefficient (Wildman–Crippen LogP) is 8.18. The van der Waals surface area contributed by atoms with E-state index in [4.69, 9.17) is 4.98 Å². The van der Waals surface area contributed by atoms with Gasteiger partial charge in [0, 0.05) is 17.1 Å². The first kappa shape index (κ1) is 20.9. The number of hydrogen-bond acceptors (Lipinski definition) is 1. The molecule has 5 rings (SSSR count). The third-order valence-corrected chi connectivity index (χ3v) is 6.63. The van der Waals surface area contributed by atoms with Crippen LogP contribution in [-0.2, 0) is 19.3 Å². The highest BCUT2D eigenvalue weighted by Crippen LogP contribution is 2.43. The van der Waals surface area contributed by atoms with E-state index in [1.807, 2.05) is 0 Å². The van der Waals surface area contributed by atoms with E-state index in [9.17, 15) is 0 Å². The van der Waals surface area contributed by atoms with Crippen molar-refractivity contribution >= 4 is 10.8 Å². The van der Waals surface area contributed by atoms with Gasteiger partial charge < -0.3 is 0 Å². The van der Waals surface area contributed by atoms with E-state index >= 15 is 0 Å². The summed E-state index contributed by atoms with van der Waals surface area (Å²) in [6.07, 6.45) is 5.31. The molecule has 0 saturated carbocycles. The highest BCUT2D eigenvalue weighted by Gasteiger charge is 2.23. The van der Waals surface area contributed by atoms with E-state index in [2.05, 4.69) is 95.4 Å². The van der Waals surface area contributed by atoms with Crippen LogP contribution < -0.4 is 0 Å². The van der Waals surface area contributed by atoms with Crippen LogP contribution in [0, 0.1) is 18.8 Å². The van der Waals surface area contributed by atoms with Gasteiger partial charge in [-0.2, -0.15) is 0 Å². The Kier molecular flexibility index (Phi) is 5.37. The van der Waals surface area contributed by atoms with Crippen LogP contribution in [0.3, 0.4) is 0 Å². The van der Waals surface area contributed by atoms with Gasteiger partial charge >= 0.3 is 0 Å². The van der Waals surface area contributed by atoms with Crippen LogP contribution in [0.15, 0.2) is 60.8 Å². The van der Waals surface area contributed by atoms with Gasteiger partial charge in [0.2, 0.25) is 0 Å². The van der Waals surface area contributed by atoms with Crippen molar-refractivity contribution in [3.05, 3.63) is 88.6 Å². The fraction of sp³-hybridized carbons (Fsp3) is 0.323. The lowest BCUT2D eigenvalue weighted by atomic mass is 9.90. The lowest BCUT2D eigenvalue weighted by Gasteiger charge is -2.17. The molecule has 0 aliphatic heterocycles. The fourth-order valence-electron chi connectivity index (χ4n) is 5.35. The largest absolute Gasteiger partial charge is 0.255 e. The van der Waals surface area contributed by atoms with Crippen LogP contribution in [0.4, 0.5) is 0 Å². The molecule has 0 saturated heterocycles. The van der Waals surface area contributed by atoms with E-state index in [1.165, 1.54) is 55.3 Å². The zero-order chi connectivity index (χ0) is 22.4. The number of nitrogens with zero attached hydrogens (tertiary/aromatic N) is 1. The summed E-state index contributed by atoms with van der Waals surface area (Å²) in [5.74, 6) is 1.26. The van der Waals surface area contributed by atoms with E-state index in [-0.39, 0.29) is 0 Å². The van der Waals surface area contributed by atoms with Crippen LogP contribution >= 0.6 is 0 Å². The minimum Gasteiger partial charge on any atom is -0.255 e. The molecule has 1 aliphatic carbocycles. The maximum absolute atomic E-state index is 5.10. The molecule has 1 heterocycles. The van der Waals surface area contributed by atoms with Crippen molar-refractivity contribution in [2.75, 3.05) is 0 Å². The zero-order valence-electron chi connectivity index (χ0n) is 20.0. The van der Waals surface area contributed by atoms with Crippen LogP contribution in [-0.4, -0.2) is 4.98 Å². The first-order valence-corrected chi connectivity index (χ1v) is 12.0. The first-order chi connectivity index (χ1) is 15.4. The molecule has 32 heavy (non-hydrogen) atoms. The summed E-state index contributed by atoms with van der Waals surface area (Å²) in [6.45, 7) is 11.4. The van der Waals surface area contributed by atoms with Crippen molar-refractivity contribution in [3.63, 3.8) is 0 Å². The molecule has 1 nitrogen and oxygen atoms in total. The molecule has 0 radical (unpaired) electrons. The molecule has 0 fully saturated rings.